The van der Waals surface area contributed by atoms with Crippen LogP contribution < -0.4 is 5.32 Å². The summed E-state index contributed by atoms with van der Waals surface area (Å²) in [5.74, 6) is 1.68. The van der Waals surface area contributed by atoms with E-state index in [1.165, 1.54) is 32.4 Å². The summed E-state index contributed by atoms with van der Waals surface area (Å²) >= 11 is 0. The Morgan fingerprint density at radius 1 is 1.50 bits per heavy atom. The lowest BCUT2D eigenvalue weighted by Gasteiger charge is -2.30. The number of hydrogen-bond donors (Lipinski definition) is 1. The average molecular weight is 254 g/mol. The molecule has 0 aromatic heterocycles. The van der Waals surface area contributed by atoms with Crippen LogP contribution in [-0.4, -0.2) is 51.3 Å². The molecule has 3 heteroatoms. The minimum atomic E-state index is 0.813. The predicted octanol–water partition coefficient (Wildman–Crippen LogP) is 2.15. The molecule has 0 amide bonds. The Hall–Kier alpha value is -0.380. The van der Waals surface area contributed by atoms with Crippen molar-refractivity contribution in [1.82, 2.24) is 10.2 Å². The molecule has 2 atom stereocenters. The Morgan fingerprint density at radius 3 is 2.94 bits per heavy atom. The van der Waals surface area contributed by atoms with Crippen LogP contribution in [0.1, 0.15) is 26.2 Å². The predicted molar refractivity (Wildman–Crippen MR) is 77.9 cm³/mol. The molecule has 0 aromatic rings. The number of ether oxygens (including phenoxy) is 1. The monoisotopic (exact) mass is 254 g/mol. The molecule has 3 nitrogen and oxygen atoms in total. The first-order valence-corrected chi connectivity index (χ1v) is 7.30. The minimum absolute atomic E-state index is 0.813. The fourth-order valence-electron chi connectivity index (χ4n) is 2.68. The van der Waals surface area contributed by atoms with Crippen LogP contribution in [0, 0.1) is 11.8 Å². The first-order chi connectivity index (χ1) is 8.77. The van der Waals surface area contributed by atoms with Crippen molar-refractivity contribution in [3.8, 4) is 0 Å². The third-order valence-corrected chi connectivity index (χ3v) is 4.04. The van der Waals surface area contributed by atoms with E-state index in [4.69, 9.17) is 4.74 Å². The molecule has 1 fully saturated rings. The van der Waals surface area contributed by atoms with E-state index in [-0.39, 0.29) is 0 Å². The van der Waals surface area contributed by atoms with E-state index in [1.807, 2.05) is 6.08 Å². The van der Waals surface area contributed by atoms with Gasteiger partial charge in [0.2, 0.25) is 0 Å². The number of nitrogens with one attached hydrogen (secondary N) is 1. The summed E-state index contributed by atoms with van der Waals surface area (Å²) in [7, 11) is 1.77. The Bertz CT molecular complexity index is 215. The van der Waals surface area contributed by atoms with Gasteiger partial charge in [0.15, 0.2) is 0 Å². The largest absolute Gasteiger partial charge is 0.383 e. The van der Waals surface area contributed by atoms with Crippen molar-refractivity contribution in [2.75, 3.05) is 46.4 Å². The number of nitrogens with zero attached hydrogens (tertiary/aromatic N) is 1. The molecule has 1 aliphatic heterocycles. The van der Waals surface area contributed by atoms with Crippen molar-refractivity contribution in [2.24, 2.45) is 11.8 Å². The van der Waals surface area contributed by atoms with E-state index in [9.17, 15) is 0 Å². The van der Waals surface area contributed by atoms with Gasteiger partial charge in [-0.3, -0.25) is 4.90 Å². The summed E-state index contributed by atoms with van der Waals surface area (Å²) in [5.41, 5.74) is 0. The molecular weight excluding hydrogens is 224 g/mol. The topological polar surface area (TPSA) is 24.5 Å². The van der Waals surface area contributed by atoms with E-state index in [0.29, 0.717) is 0 Å². The van der Waals surface area contributed by atoms with Gasteiger partial charge in [-0.25, -0.2) is 0 Å². The van der Waals surface area contributed by atoms with Crippen LogP contribution in [0.3, 0.4) is 0 Å². The highest BCUT2D eigenvalue weighted by atomic mass is 16.5. The van der Waals surface area contributed by atoms with Crippen LogP contribution in [0.2, 0.25) is 0 Å². The summed E-state index contributed by atoms with van der Waals surface area (Å²) in [6.07, 6.45) is 6.01. The van der Waals surface area contributed by atoms with Crippen LogP contribution in [0.5, 0.6) is 0 Å². The third kappa shape index (κ3) is 5.98. The zero-order valence-corrected chi connectivity index (χ0v) is 12.2. The van der Waals surface area contributed by atoms with Crippen LogP contribution in [0.15, 0.2) is 12.7 Å². The molecular formula is C15H30N2O. The summed E-state index contributed by atoms with van der Waals surface area (Å²) in [4.78, 5) is 2.43. The van der Waals surface area contributed by atoms with Gasteiger partial charge in [-0.15, -0.1) is 6.58 Å². The molecule has 0 aromatic carbocycles. The normalized spacial score (nSPS) is 22.1. The number of piperidine rings is 1. The van der Waals surface area contributed by atoms with Gasteiger partial charge in [0.05, 0.1) is 6.61 Å². The standard InChI is InChI=1S/C15H30N2O/c1-4-9-17(11-12-18-3)10-7-14(2)15-6-5-8-16-13-15/h4,14-16H,1,5-13H2,2-3H3. The Balaban J connectivity index is 2.23. The van der Waals surface area contributed by atoms with Crippen LogP contribution in [0.4, 0.5) is 0 Å². The number of rotatable bonds is 9. The molecule has 106 valence electrons. The summed E-state index contributed by atoms with van der Waals surface area (Å²) < 4.78 is 5.16. The molecule has 0 spiro atoms. The summed E-state index contributed by atoms with van der Waals surface area (Å²) in [5, 5.41) is 3.51. The van der Waals surface area contributed by atoms with E-state index in [1.54, 1.807) is 7.11 Å². The second kappa shape index (κ2) is 9.54. The van der Waals surface area contributed by atoms with Crippen molar-refractivity contribution in [2.45, 2.75) is 26.2 Å². The highest BCUT2D eigenvalue weighted by Crippen LogP contribution is 2.22. The maximum atomic E-state index is 5.16. The maximum Gasteiger partial charge on any atom is 0.0589 e. The van der Waals surface area contributed by atoms with Crippen LogP contribution in [0.25, 0.3) is 0 Å². The molecule has 18 heavy (non-hydrogen) atoms. The molecule has 0 aliphatic carbocycles. The number of methoxy groups -OCH3 is 1. The van der Waals surface area contributed by atoms with Crippen LogP contribution in [-0.2, 0) is 4.74 Å². The van der Waals surface area contributed by atoms with Crippen molar-refractivity contribution < 1.29 is 4.74 Å². The van der Waals surface area contributed by atoms with E-state index in [2.05, 4.69) is 23.7 Å². The lowest BCUT2D eigenvalue weighted by Crippen LogP contribution is -2.35. The van der Waals surface area contributed by atoms with Crippen molar-refractivity contribution >= 4 is 0 Å². The molecule has 1 N–H and O–H groups in total. The van der Waals surface area contributed by atoms with Crippen molar-refractivity contribution in [3.05, 3.63) is 12.7 Å². The van der Waals surface area contributed by atoms with Gasteiger partial charge in [0, 0.05) is 20.2 Å². The molecule has 1 heterocycles. The highest BCUT2D eigenvalue weighted by molar-refractivity contribution is 4.77. The van der Waals surface area contributed by atoms with E-state index in [0.717, 1.165) is 38.1 Å². The fourth-order valence-corrected chi connectivity index (χ4v) is 2.68. The van der Waals surface area contributed by atoms with Gasteiger partial charge < -0.3 is 10.1 Å². The van der Waals surface area contributed by atoms with Crippen molar-refractivity contribution in [1.29, 1.82) is 0 Å². The van der Waals surface area contributed by atoms with Gasteiger partial charge in [-0.05, 0) is 50.7 Å². The molecule has 2 unspecified atom stereocenters. The van der Waals surface area contributed by atoms with Crippen molar-refractivity contribution in [3.63, 3.8) is 0 Å². The van der Waals surface area contributed by atoms with Gasteiger partial charge in [-0.1, -0.05) is 13.0 Å². The second-order valence-corrected chi connectivity index (χ2v) is 5.45. The first kappa shape index (κ1) is 15.7. The highest BCUT2D eigenvalue weighted by Gasteiger charge is 2.20. The molecule has 1 rings (SSSR count). The van der Waals surface area contributed by atoms with E-state index < -0.39 is 0 Å². The molecule has 0 saturated carbocycles. The lowest BCUT2D eigenvalue weighted by atomic mass is 9.85. The molecule has 1 saturated heterocycles. The smallest absolute Gasteiger partial charge is 0.0589 e. The Morgan fingerprint density at radius 2 is 2.33 bits per heavy atom. The Kier molecular flexibility index (Phi) is 8.31. The zero-order chi connectivity index (χ0) is 13.2. The van der Waals surface area contributed by atoms with Gasteiger partial charge in [0.25, 0.3) is 0 Å². The zero-order valence-electron chi connectivity index (χ0n) is 12.2. The average Bonchev–Trinajstić information content (AvgIpc) is 2.42. The molecule has 1 aliphatic rings. The fraction of sp³-hybridized carbons (Fsp3) is 0.867. The Labute approximate surface area is 113 Å². The minimum Gasteiger partial charge on any atom is -0.383 e. The van der Waals surface area contributed by atoms with Gasteiger partial charge >= 0.3 is 0 Å². The summed E-state index contributed by atoms with van der Waals surface area (Å²) in [6, 6.07) is 0. The molecule has 0 bridgehead atoms. The third-order valence-electron chi connectivity index (χ3n) is 4.04. The van der Waals surface area contributed by atoms with E-state index >= 15 is 0 Å². The summed E-state index contributed by atoms with van der Waals surface area (Å²) in [6.45, 7) is 12.6. The van der Waals surface area contributed by atoms with Gasteiger partial charge in [0.1, 0.15) is 0 Å². The SMILES string of the molecule is C=CCN(CCOC)CCC(C)C1CCCNC1. The maximum absolute atomic E-state index is 5.16. The van der Waals surface area contributed by atoms with Gasteiger partial charge in [-0.2, -0.15) is 0 Å². The molecule has 0 radical (unpaired) electrons. The number of hydrogen-bond acceptors (Lipinski definition) is 3. The quantitative estimate of drug-likeness (QED) is 0.638. The second-order valence-electron chi connectivity index (χ2n) is 5.45. The first-order valence-electron chi connectivity index (χ1n) is 7.30. The van der Waals surface area contributed by atoms with Crippen LogP contribution >= 0.6 is 0 Å². The lowest BCUT2D eigenvalue weighted by molar-refractivity contribution is 0.145.